The van der Waals surface area contributed by atoms with Gasteiger partial charge < -0.3 is 10.1 Å². The van der Waals surface area contributed by atoms with E-state index in [0.717, 1.165) is 12.8 Å². The van der Waals surface area contributed by atoms with Crippen molar-refractivity contribution in [3.8, 4) is 0 Å². The van der Waals surface area contributed by atoms with Gasteiger partial charge in [0.2, 0.25) is 10.0 Å². The molecule has 3 N–H and O–H groups in total. The summed E-state index contributed by atoms with van der Waals surface area (Å²) in [6.45, 7) is 1.07. The third kappa shape index (κ3) is 3.69. The highest BCUT2D eigenvalue weighted by molar-refractivity contribution is 7.89. The van der Waals surface area contributed by atoms with Gasteiger partial charge in [0.15, 0.2) is 0 Å². The summed E-state index contributed by atoms with van der Waals surface area (Å²) in [6, 6.07) is 3.76. The van der Waals surface area contributed by atoms with Gasteiger partial charge in [-0.25, -0.2) is 13.6 Å². The Kier molecular flexibility index (Phi) is 4.64. The predicted molar refractivity (Wildman–Crippen MR) is 74.1 cm³/mol. The molecule has 2 rings (SSSR count). The van der Waals surface area contributed by atoms with Crippen LogP contribution in [0.2, 0.25) is 5.02 Å². The highest BCUT2D eigenvalue weighted by atomic mass is 35.5. The van der Waals surface area contributed by atoms with Crippen molar-refractivity contribution in [1.29, 1.82) is 0 Å². The molecular formula is C12H15ClN2O4S. The number of halogens is 1. The molecule has 1 amide bonds. The molecule has 1 saturated heterocycles. The van der Waals surface area contributed by atoms with Crippen LogP contribution in [0.1, 0.15) is 23.2 Å². The molecule has 1 fully saturated rings. The third-order valence-corrected chi connectivity index (χ3v) is 4.27. The first kappa shape index (κ1) is 15.2. The van der Waals surface area contributed by atoms with E-state index in [9.17, 15) is 13.2 Å². The molecule has 1 aromatic rings. The summed E-state index contributed by atoms with van der Waals surface area (Å²) < 4.78 is 27.9. The van der Waals surface area contributed by atoms with Gasteiger partial charge in [-0.05, 0) is 31.0 Å². The van der Waals surface area contributed by atoms with Gasteiger partial charge in [-0.1, -0.05) is 11.6 Å². The number of nitrogens with two attached hydrogens (primary N) is 1. The van der Waals surface area contributed by atoms with E-state index in [-0.39, 0.29) is 21.6 Å². The lowest BCUT2D eigenvalue weighted by atomic mass is 10.2. The Hall–Kier alpha value is -1.15. The maximum absolute atomic E-state index is 12.0. The van der Waals surface area contributed by atoms with Crippen molar-refractivity contribution in [2.75, 3.05) is 13.2 Å². The van der Waals surface area contributed by atoms with Crippen LogP contribution in [0.5, 0.6) is 0 Å². The van der Waals surface area contributed by atoms with Gasteiger partial charge in [-0.3, -0.25) is 4.79 Å². The summed E-state index contributed by atoms with van der Waals surface area (Å²) in [5, 5.41) is 7.87. The minimum atomic E-state index is -3.87. The first-order valence-electron chi connectivity index (χ1n) is 6.10. The average Bonchev–Trinajstić information content (AvgIpc) is 2.88. The zero-order valence-electron chi connectivity index (χ0n) is 10.6. The van der Waals surface area contributed by atoms with Gasteiger partial charge in [0.1, 0.15) is 0 Å². The number of benzene rings is 1. The second kappa shape index (κ2) is 6.09. The van der Waals surface area contributed by atoms with Crippen LogP contribution in [0.25, 0.3) is 0 Å². The lowest BCUT2D eigenvalue weighted by molar-refractivity contribution is 0.0857. The van der Waals surface area contributed by atoms with E-state index in [1.807, 2.05) is 0 Å². The number of sulfonamides is 1. The largest absolute Gasteiger partial charge is 0.376 e. The van der Waals surface area contributed by atoms with Gasteiger partial charge in [-0.15, -0.1) is 0 Å². The Morgan fingerprint density at radius 1 is 1.50 bits per heavy atom. The molecule has 0 bridgehead atoms. The Morgan fingerprint density at radius 2 is 2.25 bits per heavy atom. The second-order valence-electron chi connectivity index (χ2n) is 4.53. The lowest BCUT2D eigenvalue weighted by Gasteiger charge is -2.12. The molecule has 0 radical (unpaired) electrons. The molecule has 0 aliphatic carbocycles. The number of carbonyl (C=O) groups is 1. The minimum Gasteiger partial charge on any atom is -0.376 e. The van der Waals surface area contributed by atoms with E-state index in [4.69, 9.17) is 21.5 Å². The Morgan fingerprint density at radius 3 is 2.85 bits per heavy atom. The number of nitrogens with one attached hydrogen (secondary N) is 1. The fourth-order valence-electron chi connectivity index (χ4n) is 1.96. The third-order valence-electron chi connectivity index (χ3n) is 3.03. The number of ether oxygens (including phenoxy) is 1. The van der Waals surface area contributed by atoms with Crippen LogP contribution in [0.15, 0.2) is 23.1 Å². The smallest absolute Gasteiger partial charge is 0.252 e. The normalized spacial score (nSPS) is 19.0. The quantitative estimate of drug-likeness (QED) is 0.861. The summed E-state index contributed by atoms with van der Waals surface area (Å²) in [7, 11) is -3.87. The molecule has 6 nitrogen and oxygen atoms in total. The van der Waals surface area contributed by atoms with E-state index < -0.39 is 15.9 Å². The summed E-state index contributed by atoms with van der Waals surface area (Å²) in [5.41, 5.74) is 0.0798. The topological polar surface area (TPSA) is 98.5 Å². The molecule has 1 unspecified atom stereocenters. The number of carbonyl (C=O) groups excluding carboxylic acids is 1. The number of amides is 1. The molecule has 110 valence electrons. The molecule has 0 aromatic heterocycles. The molecule has 8 heteroatoms. The highest BCUT2D eigenvalue weighted by Gasteiger charge is 2.19. The molecule has 1 aliphatic heterocycles. The molecular weight excluding hydrogens is 304 g/mol. The van der Waals surface area contributed by atoms with Crippen molar-refractivity contribution in [2.45, 2.75) is 23.8 Å². The van der Waals surface area contributed by atoms with E-state index in [2.05, 4.69) is 5.32 Å². The van der Waals surface area contributed by atoms with E-state index >= 15 is 0 Å². The molecule has 1 aliphatic rings. The standard InChI is InChI=1S/C12H15ClN2O4S/c13-11-4-3-9(20(14,17)18)6-10(11)12(16)15-7-8-2-1-5-19-8/h3-4,6,8H,1-2,5,7H2,(H,15,16)(H2,14,17,18). The Labute approximate surface area is 122 Å². The number of primary sulfonamides is 1. The van der Waals surface area contributed by atoms with Crippen molar-refractivity contribution >= 4 is 27.5 Å². The second-order valence-corrected chi connectivity index (χ2v) is 6.50. The summed E-state index contributed by atoms with van der Waals surface area (Å²) in [6.07, 6.45) is 1.87. The van der Waals surface area contributed by atoms with Crippen LogP contribution >= 0.6 is 11.6 Å². The van der Waals surface area contributed by atoms with Crippen LogP contribution in [-0.4, -0.2) is 33.6 Å². The fraction of sp³-hybridized carbons (Fsp3) is 0.417. The van der Waals surface area contributed by atoms with Crippen LogP contribution in [-0.2, 0) is 14.8 Å². The van der Waals surface area contributed by atoms with Crippen LogP contribution in [0, 0.1) is 0 Å². The van der Waals surface area contributed by atoms with Gasteiger partial charge in [-0.2, -0.15) is 0 Å². The van der Waals surface area contributed by atoms with Crippen molar-refractivity contribution in [1.82, 2.24) is 5.32 Å². The first-order valence-corrected chi connectivity index (χ1v) is 8.02. The Balaban J connectivity index is 2.12. The molecule has 20 heavy (non-hydrogen) atoms. The van der Waals surface area contributed by atoms with Crippen LogP contribution < -0.4 is 10.5 Å². The van der Waals surface area contributed by atoms with Gasteiger partial charge >= 0.3 is 0 Å². The molecule has 1 aromatic carbocycles. The van der Waals surface area contributed by atoms with E-state index in [1.165, 1.54) is 18.2 Å². The summed E-state index contributed by atoms with van der Waals surface area (Å²) >= 11 is 5.91. The SMILES string of the molecule is NS(=O)(=O)c1ccc(Cl)c(C(=O)NCC2CCCO2)c1. The maximum Gasteiger partial charge on any atom is 0.252 e. The van der Waals surface area contributed by atoms with Crippen molar-refractivity contribution in [3.63, 3.8) is 0 Å². The molecule has 1 heterocycles. The molecule has 0 saturated carbocycles. The van der Waals surface area contributed by atoms with E-state index in [0.29, 0.717) is 13.2 Å². The fourth-order valence-corrected chi connectivity index (χ4v) is 2.71. The zero-order chi connectivity index (χ0) is 14.8. The number of rotatable bonds is 4. The van der Waals surface area contributed by atoms with Gasteiger partial charge in [0.05, 0.1) is 21.6 Å². The number of hydrogen-bond acceptors (Lipinski definition) is 4. The maximum atomic E-state index is 12.0. The molecule has 0 spiro atoms. The van der Waals surface area contributed by atoms with Gasteiger partial charge in [0, 0.05) is 13.2 Å². The minimum absolute atomic E-state index is 0.000788. The Bertz CT molecular complexity index is 612. The van der Waals surface area contributed by atoms with E-state index in [1.54, 1.807) is 0 Å². The zero-order valence-corrected chi connectivity index (χ0v) is 12.2. The van der Waals surface area contributed by atoms with Gasteiger partial charge in [0.25, 0.3) is 5.91 Å². The van der Waals surface area contributed by atoms with Crippen molar-refractivity contribution in [3.05, 3.63) is 28.8 Å². The highest BCUT2D eigenvalue weighted by Crippen LogP contribution is 2.20. The van der Waals surface area contributed by atoms with Crippen LogP contribution in [0.3, 0.4) is 0 Å². The lowest BCUT2D eigenvalue weighted by Crippen LogP contribution is -2.32. The monoisotopic (exact) mass is 318 g/mol. The predicted octanol–water partition coefficient (Wildman–Crippen LogP) is 0.896. The molecule has 1 atom stereocenters. The average molecular weight is 319 g/mol. The van der Waals surface area contributed by atoms with Crippen molar-refractivity contribution < 1.29 is 17.9 Å². The van der Waals surface area contributed by atoms with Crippen molar-refractivity contribution in [2.24, 2.45) is 5.14 Å². The summed E-state index contributed by atoms with van der Waals surface area (Å²) in [4.78, 5) is 11.9. The van der Waals surface area contributed by atoms with Crippen LogP contribution in [0.4, 0.5) is 0 Å². The first-order chi connectivity index (χ1) is 9.38. The summed E-state index contributed by atoms with van der Waals surface area (Å²) in [5.74, 6) is -0.448. The number of hydrogen-bond donors (Lipinski definition) is 2.